The summed E-state index contributed by atoms with van der Waals surface area (Å²) in [5.41, 5.74) is 8.86. The molecule has 112 valence electrons. The first-order valence-electron chi connectivity index (χ1n) is 7.64. The Hall–Kier alpha value is -0.930. The summed E-state index contributed by atoms with van der Waals surface area (Å²) in [6.07, 6.45) is 6.99. The maximum Gasteiger partial charge on any atom is 0.123 e. The molecule has 2 N–H and O–H groups in total. The molecule has 0 radical (unpaired) electrons. The van der Waals surface area contributed by atoms with Crippen molar-refractivity contribution in [2.24, 2.45) is 5.73 Å². The molecular weight excluding hydrogens is 251 g/mol. The zero-order valence-corrected chi connectivity index (χ0v) is 13.0. The van der Waals surface area contributed by atoms with Crippen molar-refractivity contribution >= 4 is 0 Å². The van der Waals surface area contributed by atoms with Crippen molar-refractivity contribution in [2.45, 2.75) is 57.0 Å². The van der Waals surface area contributed by atoms with Crippen LogP contribution in [-0.2, 0) is 6.42 Å². The van der Waals surface area contributed by atoms with Crippen LogP contribution in [-0.4, -0.2) is 30.6 Å². The van der Waals surface area contributed by atoms with Gasteiger partial charge in [0.25, 0.3) is 0 Å². The Balaban J connectivity index is 2.18. The lowest BCUT2D eigenvalue weighted by Crippen LogP contribution is -2.59. The maximum absolute atomic E-state index is 13.2. The predicted molar refractivity (Wildman–Crippen MR) is 82.3 cm³/mol. The normalized spacial score (nSPS) is 20.1. The van der Waals surface area contributed by atoms with E-state index in [1.807, 2.05) is 13.0 Å². The topological polar surface area (TPSA) is 29.3 Å². The molecule has 0 saturated heterocycles. The van der Waals surface area contributed by atoms with Crippen LogP contribution in [0.25, 0.3) is 0 Å². The van der Waals surface area contributed by atoms with Crippen LogP contribution in [0.4, 0.5) is 4.39 Å². The fourth-order valence-electron chi connectivity index (χ4n) is 3.63. The lowest BCUT2D eigenvalue weighted by atomic mass is 9.73. The van der Waals surface area contributed by atoms with E-state index in [2.05, 4.69) is 19.0 Å². The standard InChI is InChI=1S/C17H27FN2/c1-13-11-15(18)8-7-14(13)12-16(19)17(20(2)3)9-5-4-6-10-17/h7-8,11,16H,4-6,9-10,12,19H2,1-3H3. The average molecular weight is 278 g/mol. The lowest BCUT2D eigenvalue weighted by molar-refractivity contribution is 0.0715. The maximum atomic E-state index is 13.2. The zero-order valence-electron chi connectivity index (χ0n) is 13.0. The Morgan fingerprint density at radius 3 is 2.45 bits per heavy atom. The largest absolute Gasteiger partial charge is 0.326 e. The lowest BCUT2D eigenvalue weighted by Gasteiger charge is -2.47. The molecule has 1 fully saturated rings. The van der Waals surface area contributed by atoms with E-state index in [1.54, 1.807) is 6.07 Å². The fourth-order valence-corrected chi connectivity index (χ4v) is 3.63. The molecule has 0 heterocycles. The van der Waals surface area contributed by atoms with Gasteiger partial charge >= 0.3 is 0 Å². The van der Waals surface area contributed by atoms with Crippen molar-refractivity contribution in [1.29, 1.82) is 0 Å². The summed E-state index contributed by atoms with van der Waals surface area (Å²) in [6.45, 7) is 1.97. The Morgan fingerprint density at radius 1 is 1.25 bits per heavy atom. The van der Waals surface area contributed by atoms with Crippen LogP contribution in [0.15, 0.2) is 18.2 Å². The molecule has 0 aromatic heterocycles. The summed E-state index contributed by atoms with van der Waals surface area (Å²) in [6, 6.07) is 5.13. The molecule has 1 aliphatic rings. The van der Waals surface area contributed by atoms with Crippen LogP contribution in [0.3, 0.4) is 0 Å². The minimum Gasteiger partial charge on any atom is -0.326 e. The monoisotopic (exact) mass is 278 g/mol. The van der Waals surface area contributed by atoms with Crippen molar-refractivity contribution in [3.63, 3.8) is 0 Å². The number of benzene rings is 1. The van der Waals surface area contributed by atoms with E-state index in [0.717, 1.165) is 12.0 Å². The molecule has 1 aromatic rings. The first-order valence-corrected chi connectivity index (χ1v) is 7.64. The summed E-state index contributed by atoms with van der Waals surface area (Å²) < 4.78 is 13.2. The van der Waals surface area contributed by atoms with Crippen molar-refractivity contribution in [3.05, 3.63) is 35.1 Å². The molecule has 0 aliphatic heterocycles. The van der Waals surface area contributed by atoms with Gasteiger partial charge < -0.3 is 10.6 Å². The Labute approximate surface area is 122 Å². The quantitative estimate of drug-likeness (QED) is 0.916. The molecule has 1 aromatic carbocycles. The van der Waals surface area contributed by atoms with Gasteiger partial charge in [0.15, 0.2) is 0 Å². The van der Waals surface area contributed by atoms with E-state index in [0.29, 0.717) is 0 Å². The first-order chi connectivity index (χ1) is 9.45. The highest BCUT2D eigenvalue weighted by Gasteiger charge is 2.39. The highest BCUT2D eigenvalue weighted by molar-refractivity contribution is 5.28. The van der Waals surface area contributed by atoms with Gasteiger partial charge in [0.2, 0.25) is 0 Å². The highest BCUT2D eigenvalue weighted by Crippen LogP contribution is 2.35. The van der Waals surface area contributed by atoms with Crippen LogP contribution < -0.4 is 5.73 Å². The molecule has 20 heavy (non-hydrogen) atoms. The van der Waals surface area contributed by atoms with E-state index < -0.39 is 0 Å². The van der Waals surface area contributed by atoms with Crippen molar-refractivity contribution in [3.8, 4) is 0 Å². The molecule has 3 heteroatoms. The van der Waals surface area contributed by atoms with Gasteiger partial charge in [-0.2, -0.15) is 0 Å². The number of hydrogen-bond acceptors (Lipinski definition) is 2. The summed E-state index contributed by atoms with van der Waals surface area (Å²) in [5.74, 6) is -0.167. The second-order valence-electron chi connectivity index (χ2n) is 6.44. The second kappa shape index (κ2) is 6.23. The number of nitrogens with zero attached hydrogens (tertiary/aromatic N) is 1. The van der Waals surface area contributed by atoms with Crippen molar-refractivity contribution in [1.82, 2.24) is 4.90 Å². The van der Waals surface area contributed by atoms with Gasteiger partial charge in [-0.3, -0.25) is 0 Å². The number of nitrogens with two attached hydrogens (primary N) is 1. The average Bonchev–Trinajstić information content (AvgIpc) is 2.42. The van der Waals surface area contributed by atoms with E-state index in [9.17, 15) is 4.39 Å². The molecular formula is C17H27FN2. The van der Waals surface area contributed by atoms with E-state index in [-0.39, 0.29) is 17.4 Å². The summed E-state index contributed by atoms with van der Waals surface area (Å²) in [4.78, 5) is 2.32. The molecule has 2 nitrogen and oxygen atoms in total. The van der Waals surface area contributed by atoms with Crippen LogP contribution >= 0.6 is 0 Å². The SMILES string of the molecule is Cc1cc(F)ccc1CC(N)C1(N(C)C)CCCCC1. The summed E-state index contributed by atoms with van der Waals surface area (Å²) in [5, 5.41) is 0. The van der Waals surface area contributed by atoms with Gasteiger partial charge in [0.1, 0.15) is 5.82 Å². The summed E-state index contributed by atoms with van der Waals surface area (Å²) in [7, 11) is 4.28. The molecule has 1 unspecified atom stereocenters. The first kappa shape index (κ1) is 15.5. The van der Waals surface area contributed by atoms with Gasteiger partial charge in [-0.15, -0.1) is 0 Å². The van der Waals surface area contributed by atoms with Crippen LogP contribution in [0.2, 0.25) is 0 Å². The van der Waals surface area contributed by atoms with Gasteiger partial charge in [-0.25, -0.2) is 4.39 Å². The molecule has 2 rings (SSSR count). The Kier molecular flexibility index (Phi) is 4.82. The molecule has 1 atom stereocenters. The Morgan fingerprint density at radius 2 is 1.90 bits per heavy atom. The third-order valence-electron chi connectivity index (χ3n) is 5.04. The van der Waals surface area contributed by atoms with E-state index in [1.165, 1.54) is 43.7 Å². The van der Waals surface area contributed by atoms with Gasteiger partial charge in [-0.05, 0) is 63.5 Å². The fraction of sp³-hybridized carbons (Fsp3) is 0.647. The smallest absolute Gasteiger partial charge is 0.123 e. The molecule has 1 saturated carbocycles. The third kappa shape index (κ3) is 3.04. The number of rotatable bonds is 4. The molecule has 0 spiro atoms. The Bertz CT molecular complexity index is 450. The predicted octanol–water partition coefficient (Wildman–Crippen LogP) is 3.27. The minimum atomic E-state index is -0.167. The van der Waals surface area contributed by atoms with Crippen LogP contribution in [0.1, 0.15) is 43.2 Å². The van der Waals surface area contributed by atoms with Crippen molar-refractivity contribution < 1.29 is 4.39 Å². The molecule has 0 bridgehead atoms. The van der Waals surface area contributed by atoms with Crippen LogP contribution in [0.5, 0.6) is 0 Å². The minimum absolute atomic E-state index is 0.0963. The van der Waals surface area contributed by atoms with Gasteiger partial charge in [-0.1, -0.05) is 25.3 Å². The van der Waals surface area contributed by atoms with Gasteiger partial charge in [0.05, 0.1) is 0 Å². The van der Waals surface area contributed by atoms with Crippen LogP contribution in [0, 0.1) is 12.7 Å². The van der Waals surface area contributed by atoms with Gasteiger partial charge in [0, 0.05) is 11.6 Å². The number of halogens is 1. The number of aryl methyl sites for hydroxylation is 1. The molecule has 0 amide bonds. The molecule has 1 aliphatic carbocycles. The number of hydrogen-bond donors (Lipinski definition) is 1. The van der Waals surface area contributed by atoms with E-state index >= 15 is 0 Å². The number of likely N-dealkylation sites (N-methyl/N-ethyl adjacent to an activating group) is 1. The van der Waals surface area contributed by atoms with Crippen molar-refractivity contribution in [2.75, 3.05) is 14.1 Å². The zero-order chi connectivity index (χ0) is 14.8. The summed E-state index contributed by atoms with van der Waals surface area (Å²) >= 11 is 0. The highest BCUT2D eigenvalue weighted by atomic mass is 19.1. The second-order valence-corrected chi connectivity index (χ2v) is 6.44. The third-order valence-corrected chi connectivity index (χ3v) is 5.04. The van der Waals surface area contributed by atoms with E-state index in [4.69, 9.17) is 5.73 Å².